The van der Waals surface area contributed by atoms with Crippen molar-refractivity contribution in [3.8, 4) is 0 Å². The molecule has 0 amide bonds. The summed E-state index contributed by atoms with van der Waals surface area (Å²) >= 11 is 1.52. The van der Waals surface area contributed by atoms with Crippen molar-refractivity contribution in [3.05, 3.63) is 62.3 Å². The van der Waals surface area contributed by atoms with Crippen LogP contribution in [0.1, 0.15) is 23.3 Å². The zero-order valence-electron chi connectivity index (χ0n) is 11.2. The fourth-order valence-corrected chi connectivity index (χ4v) is 2.58. The molecule has 2 atom stereocenters. The van der Waals surface area contributed by atoms with Crippen molar-refractivity contribution in [2.45, 2.75) is 12.2 Å². The first-order valence-electron chi connectivity index (χ1n) is 6.41. The number of non-ortho nitro benzene ring substituents is 1. The van der Waals surface area contributed by atoms with Gasteiger partial charge in [-0.2, -0.15) is 11.3 Å². The zero-order chi connectivity index (χ0) is 15.2. The molecule has 1 aromatic heterocycles. The molecule has 0 spiro atoms. The Balaban J connectivity index is 1.81. The van der Waals surface area contributed by atoms with E-state index in [9.17, 15) is 20.3 Å². The number of hydrogen-bond donors (Lipinski definition) is 3. The number of benzene rings is 1. The first-order chi connectivity index (χ1) is 10.1. The van der Waals surface area contributed by atoms with Crippen LogP contribution in [0.3, 0.4) is 0 Å². The molecule has 2 unspecified atom stereocenters. The Hall–Kier alpha value is -1.80. The Morgan fingerprint density at radius 1 is 1.10 bits per heavy atom. The Morgan fingerprint density at radius 3 is 2.24 bits per heavy atom. The second-order valence-electron chi connectivity index (χ2n) is 4.60. The van der Waals surface area contributed by atoms with E-state index in [4.69, 9.17) is 0 Å². The van der Waals surface area contributed by atoms with E-state index in [1.165, 1.54) is 35.6 Å². The molecule has 1 aromatic carbocycles. The summed E-state index contributed by atoms with van der Waals surface area (Å²) in [6, 6.07) is 7.63. The summed E-state index contributed by atoms with van der Waals surface area (Å²) in [5, 5.41) is 37.2. The Labute approximate surface area is 125 Å². The molecule has 3 N–H and O–H groups in total. The van der Waals surface area contributed by atoms with Crippen molar-refractivity contribution in [2.75, 3.05) is 13.1 Å². The number of nitrogens with zero attached hydrogens (tertiary/aromatic N) is 1. The molecule has 7 heteroatoms. The van der Waals surface area contributed by atoms with Gasteiger partial charge in [-0.1, -0.05) is 0 Å². The van der Waals surface area contributed by atoms with Crippen molar-refractivity contribution >= 4 is 17.0 Å². The van der Waals surface area contributed by atoms with E-state index in [2.05, 4.69) is 5.32 Å². The maximum absolute atomic E-state index is 10.5. The van der Waals surface area contributed by atoms with Crippen LogP contribution >= 0.6 is 11.3 Å². The number of nitro groups is 1. The van der Waals surface area contributed by atoms with Crippen LogP contribution in [0, 0.1) is 10.1 Å². The van der Waals surface area contributed by atoms with E-state index in [-0.39, 0.29) is 12.2 Å². The van der Waals surface area contributed by atoms with Crippen LogP contribution in [-0.2, 0) is 0 Å². The summed E-state index contributed by atoms with van der Waals surface area (Å²) < 4.78 is 0. The molecular formula is C14H16N2O4S. The van der Waals surface area contributed by atoms with Crippen molar-refractivity contribution in [3.63, 3.8) is 0 Å². The third-order valence-electron chi connectivity index (χ3n) is 3.09. The van der Waals surface area contributed by atoms with E-state index in [1.54, 1.807) is 0 Å². The summed E-state index contributed by atoms with van der Waals surface area (Å²) in [4.78, 5) is 10.1. The molecule has 0 aliphatic heterocycles. The summed E-state index contributed by atoms with van der Waals surface area (Å²) in [7, 11) is 0. The number of nitro benzene ring substituents is 1. The molecule has 0 aliphatic rings. The van der Waals surface area contributed by atoms with Crippen molar-refractivity contribution in [1.82, 2.24) is 5.32 Å². The fraction of sp³-hybridized carbons (Fsp3) is 0.286. The average Bonchev–Trinajstić information content (AvgIpc) is 3.01. The standard InChI is InChI=1S/C14H16N2O4S/c17-13(10-1-3-12(4-2-10)16(19)20)7-15-8-14(18)11-5-6-21-9-11/h1-6,9,13-15,17-18H,7-8H2. The van der Waals surface area contributed by atoms with Crippen LogP contribution in [0.2, 0.25) is 0 Å². The van der Waals surface area contributed by atoms with Gasteiger partial charge >= 0.3 is 0 Å². The van der Waals surface area contributed by atoms with Gasteiger partial charge in [0.05, 0.1) is 17.1 Å². The van der Waals surface area contributed by atoms with Gasteiger partial charge in [-0.25, -0.2) is 0 Å². The highest BCUT2D eigenvalue weighted by Gasteiger charge is 2.12. The van der Waals surface area contributed by atoms with E-state index in [0.717, 1.165) is 5.56 Å². The van der Waals surface area contributed by atoms with Gasteiger partial charge in [-0.15, -0.1) is 0 Å². The third-order valence-corrected chi connectivity index (χ3v) is 3.79. The highest BCUT2D eigenvalue weighted by molar-refractivity contribution is 7.07. The molecule has 1 heterocycles. The van der Waals surface area contributed by atoms with E-state index < -0.39 is 17.1 Å². The molecule has 0 saturated carbocycles. The minimum atomic E-state index is -0.777. The Kier molecular flexibility index (Phi) is 5.40. The number of hydrogen-bond acceptors (Lipinski definition) is 6. The first kappa shape index (κ1) is 15.6. The molecule has 0 bridgehead atoms. The maximum Gasteiger partial charge on any atom is 0.269 e. The molecule has 0 saturated heterocycles. The maximum atomic E-state index is 10.5. The van der Waals surface area contributed by atoms with Gasteiger partial charge in [0.2, 0.25) is 0 Å². The highest BCUT2D eigenvalue weighted by atomic mass is 32.1. The number of thiophene rings is 1. The molecule has 0 radical (unpaired) electrons. The quantitative estimate of drug-likeness (QED) is 0.537. The molecular weight excluding hydrogens is 292 g/mol. The summed E-state index contributed by atoms with van der Waals surface area (Å²) in [6.07, 6.45) is -1.39. The molecule has 0 aliphatic carbocycles. The molecule has 6 nitrogen and oxygen atoms in total. The van der Waals surface area contributed by atoms with Gasteiger partial charge in [0.25, 0.3) is 5.69 Å². The number of aliphatic hydroxyl groups excluding tert-OH is 2. The molecule has 21 heavy (non-hydrogen) atoms. The number of aliphatic hydroxyl groups is 2. The second kappa shape index (κ2) is 7.28. The predicted octanol–water partition coefficient (Wildman–Crippen LogP) is 2.01. The van der Waals surface area contributed by atoms with Crippen LogP contribution in [0.15, 0.2) is 41.1 Å². The zero-order valence-corrected chi connectivity index (χ0v) is 12.0. The SMILES string of the molecule is O=[N+]([O-])c1ccc(C(O)CNCC(O)c2ccsc2)cc1. The largest absolute Gasteiger partial charge is 0.387 e. The van der Waals surface area contributed by atoms with Crippen LogP contribution < -0.4 is 5.32 Å². The van der Waals surface area contributed by atoms with Gasteiger partial charge in [0.1, 0.15) is 0 Å². The third kappa shape index (κ3) is 4.33. The minimum Gasteiger partial charge on any atom is -0.387 e. The predicted molar refractivity (Wildman–Crippen MR) is 80.2 cm³/mol. The van der Waals surface area contributed by atoms with Crippen molar-refractivity contribution in [1.29, 1.82) is 0 Å². The van der Waals surface area contributed by atoms with E-state index >= 15 is 0 Å². The normalized spacial score (nSPS) is 13.8. The van der Waals surface area contributed by atoms with Crippen molar-refractivity contribution < 1.29 is 15.1 Å². The van der Waals surface area contributed by atoms with Crippen LogP contribution in [-0.4, -0.2) is 28.2 Å². The average molecular weight is 308 g/mol. The lowest BCUT2D eigenvalue weighted by atomic mass is 10.1. The minimum absolute atomic E-state index is 0.00760. The van der Waals surface area contributed by atoms with Gasteiger partial charge in [-0.05, 0) is 40.1 Å². The van der Waals surface area contributed by atoms with Crippen LogP contribution in [0.5, 0.6) is 0 Å². The second-order valence-corrected chi connectivity index (χ2v) is 5.38. The van der Waals surface area contributed by atoms with Crippen LogP contribution in [0.25, 0.3) is 0 Å². The first-order valence-corrected chi connectivity index (χ1v) is 7.35. The van der Waals surface area contributed by atoms with Gasteiger partial charge in [0, 0.05) is 25.2 Å². The van der Waals surface area contributed by atoms with Gasteiger partial charge in [0.15, 0.2) is 0 Å². The lowest BCUT2D eigenvalue weighted by Gasteiger charge is -2.14. The van der Waals surface area contributed by atoms with Crippen molar-refractivity contribution in [2.24, 2.45) is 0 Å². The van der Waals surface area contributed by atoms with E-state index in [1.807, 2.05) is 16.8 Å². The molecule has 112 valence electrons. The molecule has 0 fully saturated rings. The lowest BCUT2D eigenvalue weighted by molar-refractivity contribution is -0.384. The van der Waals surface area contributed by atoms with Gasteiger partial charge < -0.3 is 15.5 Å². The highest BCUT2D eigenvalue weighted by Crippen LogP contribution is 2.18. The summed E-state index contributed by atoms with van der Waals surface area (Å²) in [5.74, 6) is 0. The lowest BCUT2D eigenvalue weighted by Crippen LogP contribution is -2.26. The smallest absolute Gasteiger partial charge is 0.269 e. The Bertz CT molecular complexity index is 571. The summed E-state index contributed by atoms with van der Waals surface area (Å²) in [6.45, 7) is 0.597. The topological polar surface area (TPSA) is 95.6 Å². The monoisotopic (exact) mass is 308 g/mol. The van der Waals surface area contributed by atoms with E-state index in [0.29, 0.717) is 12.1 Å². The number of rotatable bonds is 7. The number of nitrogens with one attached hydrogen (secondary N) is 1. The Morgan fingerprint density at radius 2 is 1.71 bits per heavy atom. The van der Waals surface area contributed by atoms with Gasteiger partial charge in [-0.3, -0.25) is 10.1 Å². The molecule has 2 rings (SSSR count). The molecule has 2 aromatic rings. The summed E-state index contributed by atoms with van der Waals surface area (Å²) in [5.41, 5.74) is 1.43. The van der Waals surface area contributed by atoms with Crippen LogP contribution in [0.4, 0.5) is 5.69 Å². The fourth-order valence-electron chi connectivity index (χ4n) is 1.88.